The fourth-order valence-electron chi connectivity index (χ4n) is 4.03. The number of hydrogen-bond acceptors (Lipinski definition) is 6. The van der Waals surface area contributed by atoms with Crippen molar-refractivity contribution < 1.29 is 9.21 Å². The summed E-state index contributed by atoms with van der Waals surface area (Å²) in [6.07, 6.45) is 2.62. The predicted molar refractivity (Wildman–Crippen MR) is 123 cm³/mol. The van der Waals surface area contributed by atoms with Gasteiger partial charge < -0.3 is 9.32 Å². The Bertz CT molecular complexity index is 1030. The van der Waals surface area contributed by atoms with E-state index in [0.717, 1.165) is 25.3 Å². The highest BCUT2D eigenvalue weighted by Gasteiger charge is 2.34. The lowest BCUT2D eigenvalue weighted by molar-refractivity contribution is -0.134. The first-order valence-electron chi connectivity index (χ1n) is 9.94. The number of rotatable bonds is 7. The zero-order valence-electron chi connectivity index (χ0n) is 16.4. The van der Waals surface area contributed by atoms with E-state index in [1.165, 1.54) is 20.2 Å². The monoisotopic (exact) mass is 454 g/mol. The molecule has 4 aromatic rings. The van der Waals surface area contributed by atoms with Crippen LogP contribution in [-0.2, 0) is 24.3 Å². The Morgan fingerprint density at radius 3 is 2.70 bits per heavy atom. The molecule has 30 heavy (non-hydrogen) atoms. The Hall–Kier alpha value is -2.19. The summed E-state index contributed by atoms with van der Waals surface area (Å²) < 4.78 is 5.57. The highest BCUT2D eigenvalue weighted by atomic mass is 32.1. The molecular formula is C23H22N2O2S3. The Kier molecular flexibility index (Phi) is 5.86. The first-order valence-corrected chi connectivity index (χ1v) is 12.6. The third-order valence-corrected chi connectivity index (χ3v) is 8.16. The van der Waals surface area contributed by atoms with Gasteiger partial charge in [-0.3, -0.25) is 9.69 Å². The maximum Gasteiger partial charge on any atom is 0.237 e. The summed E-state index contributed by atoms with van der Waals surface area (Å²) in [7, 11) is 0. The van der Waals surface area contributed by atoms with Gasteiger partial charge in [-0.25, -0.2) is 0 Å². The smallest absolute Gasteiger partial charge is 0.237 e. The van der Waals surface area contributed by atoms with Crippen LogP contribution in [0.4, 0.5) is 0 Å². The summed E-state index contributed by atoms with van der Waals surface area (Å²) in [5.41, 5.74) is 1.29. The summed E-state index contributed by atoms with van der Waals surface area (Å²) in [4.78, 5) is 21.7. The van der Waals surface area contributed by atoms with Crippen LogP contribution in [0.5, 0.6) is 0 Å². The van der Waals surface area contributed by atoms with Gasteiger partial charge in [0.25, 0.3) is 0 Å². The van der Waals surface area contributed by atoms with Crippen molar-refractivity contribution in [1.82, 2.24) is 9.80 Å². The molecule has 4 nitrogen and oxygen atoms in total. The van der Waals surface area contributed by atoms with Crippen molar-refractivity contribution >= 4 is 39.9 Å². The molecule has 0 aliphatic carbocycles. The van der Waals surface area contributed by atoms with E-state index >= 15 is 0 Å². The predicted octanol–water partition coefficient (Wildman–Crippen LogP) is 5.64. The average Bonchev–Trinajstić information content (AvgIpc) is 3.55. The van der Waals surface area contributed by atoms with Crippen molar-refractivity contribution in [2.24, 2.45) is 0 Å². The van der Waals surface area contributed by atoms with Crippen LogP contribution in [0.2, 0.25) is 0 Å². The summed E-state index contributed by atoms with van der Waals surface area (Å²) in [6, 6.07) is 14.5. The van der Waals surface area contributed by atoms with Crippen molar-refractivity contribution in [3.63, 3.8) is 0 Å². The maximum atomic E-state index is 13.6. The molecule has 154 valence electrons. The fourth-order valence-corrected chi connectivity index (χ4v) is 6.54. The van der Waals surface area contributed by atoms with Crippen LogP contribution in [0.3, 0.4) is 0 Å². The number of fused-ring (bicyclic) bond motifs is 1. The van der Waals surface area contributed by atoms with E-state index in [9.17, 15) is 4.79 Å². The molecule has 4 aromatic heterocycles. The molecule has 1 aliphatic heterocycles. The van der Waals surface area contributed by atoms with Gasteiger partial charge in [0.05, 0.1) is 25.4 Å². The van der Waals surface area contributed by atoms with E-state index in [1.54, 1.807) is 40.3 Å². The Balaban J connectivity index is 1.38. The second-order valence-electron chi connectivity index (χ2n) is 7.36. The standard InChI is InChI=1S/C23H22N2O2S3/c26-22(16-24(14-17-4-1-10-27-17)15-18-5-2-11-28-18)25-9-7-20-19(8-13-30-20)23(25)21-6-3-12-29-21/h1-6,8,10-13,23H,7,9,14-16H2. The molecule has 0 bridgehead atoms. The highest BCUT2D eigenvalue weighted by molar-refractivity contribution is 7.10. The maximum absolute atomic E-state index is 13.6. The number of thiophene rings is 3. The van der Waals surface area contributed by atoms with Crippen LogP contribution in [0.15, 0.2) is 69.3 Å². The van der Waals surface area contributed by atoms with Gasteiger partial charge in [-0.2, -0.15) is 0 Å². The molecular weight excluding hydrogens is 432 g/mol. The van der Waals surface area contributed by atoms with Crippen molar-refractivity contribution in [3.8, 4) is 0 Å². The molecule has 0 saturated carbocycles. The number of furan rings is 1. The van der Waals surface area contributed by atoms with E-state index in [4.69, 9.17) is 4.42 Å². The van der Waals surface area contributed by atoms with Crippen LogP contribution in [0.1, 0.15) is 32.0 Å². The summed E-state index contributed by atoms with van der Waals surface area (Å²) in [6.45, 7) is 2.51. The van der Waals surface area contributed by atoms with Gasteiger partial charge in [0.15, 0.2) is 0 Å². The van der Waals surface area contributed by atoms with Gasteiger partial charge in [-0.05, 0) is 58.5 Å². The van der Waals surface area contributed by atoms with E-state index in [0.29, 0.717) is 13.1 Å². The van der Waals surface area contributed by atoms with Crippen molar-refractivity contribution in [2.45, 2.75) is 25.6 Å². The molecule has 5 rings (SSSR count). The van der Waals surface area contributed by atoms with Gasteiger partial charge in [-0.15, -0.1) is 34.0 Å². The molecule has 0 aromatic carbocycles. The number of carbonyl (C=O) groups excluding carboxylic acids is 1. The minimum absolute atomic E-state index is 0.0275. The molecule has 1 amide bonds. The molecule has 0 saturated heterocycles. The largest absolute Gasteiger partial charge is 0.468 e. The lowest BCUT2D eigenvalue weighted by Crippen LogP contribution is -2.44. The fraction of sp³-hybridized carbons (Fsp3) is 0.261. The molecule has 0 fully saturated rings. The normalized spacial score (nSPS) is 16.2. The first-order chi connectivity index (χ1) is 14.8. The third-order valence-electron chi connectivity index (χ3n) is 5.38. The molecule has 5 heterocycles. The van der Waals surface area contributed by atoms with Crippen LogP contribution in [0, 0.1) is 0 Å². The van der Waals surface area contributed by atoms with Crippen molar-refractivity contribution in [3.05, 3.63) is 90.8 Å². The molecule has 7 heteroatoms. The lowest BCUT2D eigenvalue weighted by atomic mass is 9.98. The van der Waals surface area contributed by atoms with E-state index < -0.39 is 0 Å². The van der Waals surface area contributed by atoms with E-state index in [1.807, 2.05) is 12.1 Å². The van der Waals surface area contributed by atoms with Gasteiger partial charge >= 0.3 is 0 Å². The quantitative estimate of drug-likeness (QED) is 0.363. The molecule has 0 N–H and O–H groups in total. The molecule has 1 aliphatic rings. The summed E-state index contributed by atoms with van der Waals surface area (Å²) in [5, 5.41) is 6.33. The van der Waals surface area contributed by atoms with Crippen LogP contribution in [-0.4, -0.2) is 28.8 Å². The number of nitrogens with zero attached hydrogens (tertiary/aromatic N) is 2. The first kappa shape index (κ1) is 19.8. The average molecular weight is 455 g/mol. The Morgan fingerprint density at radius 2 is 1.93 bits per heavy atom. The molecule has 0 radical (unpaired) electrons. The highest BCUT2D eigenvalue weighted by Crippen LogP contribution is 2.39. The SMILES string of the molecule is O=C(CN(Cc1ccco1)Cc1cccs1)N1CCc2sccc2C1c1cccs1. The number of hydrogen-bond donors (Lipinski definition) is 0. The van der Waals surface area contributed by atoms with Gasteiger partial charge in [0.2, 0.25) is 5.91 Å². The van der Waals surface area contributed by atoms with Gasteiger partial charge in [0.1, 0.15) is 5.76 Å². The number of carbonyl (C=O) groups is 1. The van der Waals surface area contributed by atoms with E-state index in [2.05, 4.69) is 56.3 Å². The lowest BCUT2D eigenvalue weighted by Gasteiger charge is -2.36. The molecule has 0 spiro atoms. The zero-order chi connectivity index (χ0) is 20.3. The van der Waals surface area contributed by atoms with Gasteiger partial charge in [0, 0.05) is 27.7 Å². The van der Waals surface area contributed by atoms with E-state index in [-0.39, 0.29) is 11.9 Å². The summed E-state index contributed by atoms with van der Waals surface area (Å²) in [5.74, 6) is 1.06. The topological polar surface area (TPSA) is 36.7 Å². The van der Waals surface area contributed by atoms with Crippen molar-refractivity contribution in [2.75, 3.05) is 13.1 Å². The Labute approximate surface area is 188 Å². The minimum Gasteiger partial charge on any atom is -0.468 e. The van der Waals surface area contributed by atoms with Crippen LogP contribution >= 0.6 is 34.0 Å². The molecule has 1 atom stereocenters. The second-order valence-corrected chi connectivity index (χ2v) is 10.4. The van der Waals surface area contributed by atoms with Crippen molar-refractivity contribution in [1.29, 1.82) is 0 Å². The van der Waals surface area contributed by atoms with Gasteiger partial charge in [-0.1, -0.05) is 12.1 Å². The third kappa shape index (κ3) is 4.16. The van der Waals surface area contributed by atoms with Crippen LogP contribution < -0.4 is 0 Å². The van der Waals surface area contributed by atoms with Crippen LogP contribution in [0.25, 0.3) is 0 Å². The zero-order valence-corrected chi connectivity index (χ0v) is 18.8. The molecule has 1 unspecified atom stereocenters. The number of amides is 1. The summed E-state index contributed by atoms with van der Waals surface area (Å²) >= 11 is 5.26. The second kappa shape index (κ2) is 8.89. The minimum atomic E-state index is 0.0275. The Morgan fingerprint density at radius 1 is 1.03 bits per heavy atom.